The van der Waals surface area contributed by atoms with Crippen LogP contribution in [-0.4, -0.2) is 21.6 Å². The first kappa shape index (κ1) is 20.2. The topological polar surface area (TPSA) is 101 Å². The zero-order valence-electron chi connectivity index (χ0n) is 13.1. The molecule has 0 bridgehead atoms. The van der Waals surface area contributed by atoms with Crippen molar-refractivity contribution in [3.8, 4) is 0 Å². The van der Waals surface area contributed by atoms with Gasteiger partial charge in [0.25, 0.3) is 0 Å². The van der Waals surface area contributed by atoms with Gasteiger partial charge >= 0.3 is 0 Å². The lowest BCUT2D eigenvalue weighted by Gasteiger charge is -1.97. The summed E-state index contributed by atoms with van der Waals surface area (Å²) in [5.41, 5.74) is 17.3. The minimum absolute atomic E-state index is 0.186. The van der Waals surface area contributed by atoms with Crippen LogP contribution in [0.15, 0.2) is 45.2 Å². The molecule has 0 saturated heterocycles. The van der Waals surface area contributed by atoms with E-state index in [-0.39, 0.29) is 10.2 Å². The second kappa shape index (κ2) is 10.8. The molecular weight excluding hydrogens is 380 g/mol. The molecule has 0 unspecified atom stereocenters. The van der Waals surface area contributed by atoms with Gasteiger partial charge in [0.15, 0.2) is 10.2 Å². The summed E-state index contributed by atoms with van der Waals surface area (Å²) in [6.07, 6.45) is 0. The molecule has 0 aromatic carbocycles. The van der Waals surface area contributed by atoms with Crippen molar-refractivity contribution >= 4 is 68.8 Å². The molecule has 0 amide bonds. The van der Waals surface area contributed by atoms with Crippen LogP contribution in [0, 0.1) is 0 Å². The third kappa shape index (κ3) is 8.11. The first-order valence-electron chi connectivity index (χ1n) is 6.67. The van der Waals surface area contributed by atoms with Crippen LogP contribution in [0.4, 0.5) is 0 Å². The van der Waals surface area contributed by atoms with Gasteiger partial charge in [-0.25, -0.2) is 0 Å². The van der Waals surface area contributed by atoms with Crippen molar-refractivity contribution in [1.82, 2.24) is 10.9 Å². The average Bonchev–Trinajstić information content (AvgIpc) is 3.23. The molecule has 0 aliphatic rings. The van der Waals surface area contributed by atoms with Gasteiger partial charge in [0.1, 0.15) is 0 Å². The van der Waals surface area contributed by atoms with Gasteiger partial charge in [0.05, 0.1) is 11.4 Å². The fourth-order valence-corrected chi connectivity index (χ4v) is 2.80. The Morgan fingerprint density at radius 2 is 1.25 bits per heavy atom. The second-order valence-corrected chi connectivity index (χ2v) is 7.08. The normalized spacial score (nSPS) is 11.2. The van der Waals surface area contributed by atoms with Crippen LogP contribution in [0.5, 0.6) is 0 Å². The van der Waals surface area contributed by atoms with Crippen LogP contribution in [0.1, 0.15) is 23.6 Å². The van der Waals surface area contributed by atoms with Gasteiger partial charge in [-0.05, 0) is 61.2 Å². The Bertz CT molecular complexity index is 641. The molecule has 2 rings (SSSR count). The molecule has 2 aromatic heterocycles. The number of nitrogens with two attached hydrogens (primary N) is 2. The van der Waals surface area contributed by atoms with E-state index in [1.165, 1.54) is 0 Å². The van der Waals surface area contributed by atoms with Gasteiger partial charge in [-0.15, -0.1) is 22.7 Å². The highest BCUT2D eigenvalue weighted by Crippen LogP contribution is 2.09. The lowest BCUT2D eigenvalue weighted by molar-refractivity contribution is 1.03. The fraction of sp³-hybridized carbons (Fsp3) is 0.143. The van der Waals surface area contributed by atoms with E-state index in [0.717, 1.165) is 21.2 Å². The molecule has 2 aromatic rings. The molecule has 0 saturated carbocycles. The van der Waals surface area contributed by atoms with Gasteiger partial charge in [-0.1, -0.05) is 12.1 Å². The summed E-state index contributed by atoms with van der Waals surface area (Å²) >= 11 is 12.5. The van der Waals surface area contributed by atoms with Crippen LogP contribution in [0.25, 0.3) is 0 Å². The van der Waals surface area contributed by atoms with Crippen LogP contribution in [0.2, 0.25) is 0 Å². The molecular formula is C14H18N6S4. The van der Waals surface area contributed by atoms with Crippen LogP contribution in [-0.2, 0) is 0 Å². The van der Waals surface area contributed by atoms with E-state index < -0.39 is 0 Å². The highest BCUT2D eigenvalue weighted by molar-refractivity contribution is 7.80. The van der Waals surface area contributed by atoms with Crippen molar-refractivity contribution in [2.24, 2.45) is 21.7 Å². The smallest absolute Gasteiger partial charge is 0.184 e. The number of hydrogen-bond donors (Lipinski definition) is 4. The van der Waals surface area contributed by atoms with Gasteiger partial charge in [-0.2, -0.15) is 10.2 Å². The van der Waals surface area contributed by atoms with E-state index >= 15 is 0 Å². The summed E-state index contributed by atoms with van der Waals surface area (Å²) in [4.78, 5) is 2.22. The van der Waals surface area contributed by atoms with Crippen LogP contribution >= 0.6 is 47.1 Å². The minimum Gasteiger partial charge on any atom is -0.375 e. The number of thiophene rings is 2. The Balaban J connectivity index is 0.000000240. The molecule has 128 valence electrons. The Kier molecular flexibility index (Phi) is 9.08. The number of hydrazone groups is 2. The lowest BCUT2D eigenvalue weighted by atomic mass is 10.3. The SMILES string of the molecule is C/C(=N\NC(N)=S)c1cccs1.C/C(=N\NC(N)=S)c1cccs1. The summed E-state index contributed by atoms with van der Waals surface area (Å²) in [7, 11) is 0. The van der Waals surface area contributed by atoms with Crippen LogP contribution < -0.4 is 22.3 Å². The van der Waals surface area contributed by atoms with Crippen molar-refractivity contribution in [2.45, 2.75) is 13.8 Å². The molecule has 2 heterocycles. The first-order valence-corrected chi connectivity index (χ1v) is 9.25. The molecule has 0 atom stereocenters. The summed E-state index contributed by atoms with van der Waals surface area (Å²) in [5.74, 6) is 0. The Labute approximate surface area is 159 Å². The highest BCUT2D eigenvalue weighted by atomic mass is 32.1. The van der Waals surface area contributed by atoms with E-state index in [1.807, 2.05) is 48.9 Å². The summed E-state index contributed by atoms with van der Waals surface area (Å²) in [6.45, 7) is 3.80. The molecule has 24 heavy (non-hydrogen) atoms. The van der Waals surface area contributed by atoms with E-state index in [2.05, 4.69) is 45.5 Å². The summed E-state index contributed by atoms with van der Waals surface area (Å²) in [6, 6.07) is 7.93. The Morgan fingerprint density at radius 1 is 0.875 bits per heavy atom. The van der Waals surface area contributed by atoms with E-state index in [0.29, 0.717) is 0 Å². The lowest BCUT2D eigenvalue weighted by Crippen LogP contribution is -2.25. The molecule has 6 nitrogen and oxygen atoms in total. The number of nitrogens with zero attached hydrogens (tertiary/aromatic N) is 2. The maximum atomic E-state index is 5.21. The molecule has 0 spiro atoms. The van der Waals surface area contributed by atoms with E-state index in [1.54, 1.807) is 22.7 Å². The number of nitrogens with one attached hydrogen (secondary N) is 2. The fourth-order valence-electron chi connectivity index (χ4n) is 1.36. The second-order valence-electron chi connectivity index (χ2n) is 4.30. The van der Waals surface area contributed by atoms with Crippen LogP contribution in [0.3, 0.4) is 0 Å². The van der Waals surface area contributed by atoms with Crippen molar-refractivity contribution < 1.29 is 0 Å². The van der Waals surface area contributed by atoms with Crippen molar-refractivity contribution in [3.05, 3.63) is 44.8 Å². The third-order valence-corrected chi connectivity index (χ3v) is 4.56. The van der Waals surface area contributed by atoms with Crippen molar-refractivity contribution in [3.63, 3.8) is 0 Å². The van der Waals surface area contributed by atoms with Gasteiger partial charge < -0.3 is 11.5 Å². The maximum absolute atomic E-state index is 5.21. The monoisotopic (exact) mass is 398 g/mol. The largest absolute Gasteiger partial charge is 0.375 e. The van der Waals surface area contributed by atoms with Crippen molar-refractivity contribution in [2.75, 3.05) is 0 Å². The van der Waals surface area contributed by atoms with E-state index in [9.17, 15) is 0 Å². The Hall–Kier alpha value is -1.88. The predicted molar refractivity (Wildman–Crippen MR) is 113 cm³/mol. The molecule has 0 fully saturated rings. The van der Waals surface area contributed by atoms with E-state index in [4.69, 9.17) is 11.5 Å². The van der Waals surface area contributed by atoms with Crippen molar-refractivity contribution in [1.29, 1.82) is 0 Å². The number of rotatable bonds is 4. The third-order valence-electron chi connectivity index (χ3n) is 2.42. The standard InChI is InChI=1S/2C7H9N3S2/c2*1-5(9-10-7(8)11)6-3-2-4-12-6/h2*2-4H,1H3,(H3,8,10,11)/b2*9-5+. The Morgan fingerprint density at radius 3 is 1.50 bits per heavy atom. The minimum atomic E-state index is 0.186. The molecule has 6 N–H and O–H groups in total. The molecule has 10 heteroatoms. The summed E-state index contributed by atoms with van der Waals surface area (Å²) in [5, 5.41) is 12.3. The quantitative estimate of drug-likeness (QED) is 0.359. The first-order chi connectivity index (χ1) is 11.4. The highest BCUT2D eigenvalue weighted by Gasteiger charge is 1.97. The number of hydrogen-bond acceptors (Lipinski definition) is 6. The van der Waals surface area contributed by atoms with Gasteiger partial charge in [-0.3, -0.25) is 10.9 Å². The average molecular weight is 399 g/mol. The van der Waals surface area contributed by atoms with Gasteiger partial charge in [0.2, 0.25) is 0 Å². The maximum Gasteiger partial charge on any atom is 0.184 e. The molecule has 0 aliphatic heterocycles. The molecule has 0 radical (unpaired) electrons. The summed E-state index contributed by atoms with van der Waals surface area (Å²) < 4.78 is 0. The molecule has 0 aliphatic carbocycles. The predicted octanol–water partition coefficient (Wildman–Crippen LogP) is 2.61. The number of thiocarbonyl (C=S) groups is 2. The van der Waals surface area contributed by atoms with Gasteiger partial charge in [0, 0.05) is 9.75 Å². The zero-order valence-corrected chi connectivity index (χ0v) is 16.4. The zero-order chi connectivity index (χ0) is 17.9.